The molecule has 2 aromatic heterocycles. The van der Waals surface area contributed by atoms with Gasteiger partial charge in [0.25, 0.3) is 0 Å². The lowest BCUT2D eigenvalue weighted by Gasteiger charge is -2.39. The summed E-state index contributed by atoms with van der Waals surface area (Å²) in [5.74, 6) is 0.516. The Morgan fingerprint density at radius 3 is 2.35 bits per heavy atom. The van der Waals surface area contributed by atoms with Crippen molar-refractivity contribution < 1.29 is 24.2 Å². The van der Waals surface area contributed by atoms with E-state index in [0.717, 1.165) is 33.4 Å². The minimum absolute atomic E-state index is 0.0610. The van der Waals surface area contributed by atoms with Crippen LogP contribution < -0.4 is 14.4 Å². The first-order chi connectivity index (χ1) is 20.7. The van der Waals surface area contributed by atoms with Crippen molar-refractivity contribution in [1.29, 1.82) is 0 Å². The Bertz CT molecular complexity index is 1600. The number of amides is 2. The van der Waals surface area contributed by atoms with Crippen molar-refractivity contribution in [3.05, 3.63) is 71.5 Å². The number of methoxy groups -OCH3 is 2. The lowest BCUT2D eigenvalue weighted by Crippen LogP contribution is -2.52. The van der Waals surface area contributed by atoms with Crippen LogP contribution in [-0.4, -0.2) is 89.9 Å². The first-order valence-electron chi connectivity index (χ1n) is 14.2. The van der Waals surface area contributed by atoms with E-state index in [1.54, 1.807) is 38.5 Å². The molecule has 43 heavy (non-hydrogen) atoms. The Morgan fingerprint density at radius 2 is 1.72 bits per heavy atom. The minimum atomic E-state index is -1.05. The Morgan fingerprint density at radius 1 is 1.02 bits per heavy atom. The number of H-pyrrole nitrogens is 1. The highest BCUT2D eigenvalue weighted by Gasteiger charge is 2.33. The summed E-state index contributed by atoms with van der Waals surface area (Å²) in [7, 11) is 3.22. The number of carbonyl (C=O) groups excluding carboxylic acids is 1. The number of anilines is 1. The zero-order valence-corrected chi connectivity index (χ0v) is 25.5. The van der Waals surface area contributed by atoms with E-state index in [2.05, 4.69) is 14.9 Å². The second-order valence-electron chi connectivity index (χ2n) is 10.8. The third-order valence-corrected chi connectivity index (χ3v) is 8.23. The molecule has 0 aliphatic carbocycles. The standard InChI is InChI=1S/C32H36ClN5O5/c1-20(2)38(32(40)41)19-26(21-5-8-23(33)9-6-21)31(39)37-15-13-36(14-16-37)29-24-11-12-34-30(24)35-18-25(29)22-7-10-27(42-3)28(17-22)43-4/h5-12,17-18,20,26H,13-16,19H2,1-4H3,(H,34,35)(H,40,41). The average Bonchev–Trinajstić information content (AvgIpc) is 3.50. The molecule has 0 saturated carbocycles. The van der Waals surface area contributed by atoms with Gasteiger partial charge in [0.1, 0.15) is 5.65 Å². The quantitative estimate of drug-likeness (QED) is 0.251. The van der Waals surface area contributed by atoms with Crippen LogP contribution in [0.2, 0.25) is 5.02 Å². The van der Waals surface area contributed by atoms with Gasteiger partial charge in [-0.25, -0.2) is 9.78 Å². The summed E-state index contributed by atoms with van der Waals surface area (Å²) in [5.41, 5.74) is 4.43. The van der Waals surface area contributed by atoms with E-state index in [-0.39, 0.29) is 18.5 Å². The number of nitrogens with zero attached hydrogens (tertiary/aromatic N) is 4. The number of hydrogen-bond acceptors (Lipinski definition) is 6. The molecule has 0 spiro atoms. The molecule has 3 heterocycles. The number of hydrogen-bond donors (Lipinski definition) is 2. The molecule has 5 rings (SSSR count). The van der Waals surface area contributed by atoms with E-state index in [1.807, 2.05) is 55.4 Å². The molecule has 0 radical (unpaired) electrons. The molecule has 226 valence electrons. The summed E-state index contributed by atoms with van der Waals surface area (Å²) in [5, 5.41) is 11.4. The summed E-state index contributed by atoms with van der Waals surface area (Å²) in [6.07, 6.45) is 2.68. The van der Waals surface area contributed by atoms with Crippen LogP contribution >= 0.6 is 11.6 Å². The summed E-state index contributed by atoms with van der Waals surface area (Å²) in [6, 6.07) is 14.6. The van der Waals surface area contributed by atoms with E-state index in [9.17, 15) is 14.7 Å². The molecule has 2 aromatic carbocycles. The van der Waals surface area contributed by atoms with Gasteiger partial charge in [-0.15, -0.1) is 0 Å². The smallest absolute Gasteiger partial charge is 0.407 e. The number of fused-ring (bicyclic) bond motifs is 1. The maximum Gasteiger partial charge on any atom is 0.407 e. The van der Waals surface area contributed by atoms with Crippen molar-refractivity contribution in [2.75, 3.05) is 51.8 Å². The van der Waals surface area contributed by atoms with Crippen molar-refractivity contribution in [3.63, 3.8) is 0 Å². The largest absolute Gasteiger partial charge is 0.493 e. The molecular weight excluding hydrogens is 570 g/mol. The topological polar surface area (TPSA) is 111 Å². The van der Waals surface area contributed by atoms with E-state index in [1.165, 1.54) is 4.90 Å². The third kappa shape index (κ3) is 6.19. The van der Waals surface area contributed by atoms with Crippen LogP contribution in [0.1, 0.15) is 25.3 Å². The van der Waals surface area contributed by atoms with Gasteiger partial charge in [0.2, 0.25) is 5.91 Å². The van der Waals surface area contributed by atoms with Crippen LogP contribution in [0.15, 0.2) is 60.9 Å². The van der Waals surface area contributed by atoms with Crippen LogP contribution in [0.25, 0.3) is 22.2 Å². The molecular formula is C32H36ClN5O5. The van der Waals surface area contributed by atoms with E-state index >= 15 is 0 Å². The van der Waals surface area contributed by atoms with Gasteiger partial charge >= 0.3 is 6.09 Å². The fourth-order valence-corrected chi connectivity index (χ4v) is 5.77. The van der Waals surface area contributed by atoms with Crippen molar-refractivity contribution in [1.82, 2.24) is 19.8 Å². The lowest BCUT2D eigenvalue weighted by molar-refractivity contribution is -0.133. The lowest BCUT2D eigenvalue weighted by atomic mass is 9.95. The number of carboxylic acid groups (broad SMARTS) is 1. The summed E-state index contributed by atoms with van der Waals surface area (Å²) in [6.45, 7) is 5.83. The molecule has 0 bridgehead atoms. The third-order valence-electron chi connectivity index (χ3n) is 7.98. The van der Waals surface area contributed by atoms with Crippen LogP contribution in [0.4, 0.5) is 10.5 Å². The monoisotopic (exact) mass is 605 g/mol. The fourth-order valence-electron chi connectivity index (χ4n) is 5.65. The van der Waals surface area contributed by atoms with Gasteiger partial charge in [0.05, 0.1) is 25.8 Å². The van der Waals surface area contributed by atoms with Crippen LogP contribution in [-0.2, 0) is 4.79 Å². The van der Waals surface area contributed by atoms with Gasteiger partial charge < -0.3 is 34.3 Å². The van der Waals surface area contributed by atoms with Crippen molar-refractivity contribution >= 4 is 40.3 Å². The molecule has 11 heteroatoms. The molecule has 10 nitrogen and oxygen atoms in total. The zero-order chi connectivity index (χ0) is 30.7. The van der Waals surface area contributed by atoms with Crippen LogP contribution in [0.5, 0.6) is 11.5 Å². The van der Waals surface area contributed by atoms with Gasteiger partial charge in [-0.3, -0.25) is 4.79 Å². The maximum absolute atomic E-state index is 14.0. The number of piperazine rings is 1. The summed E-state index contributed by atoms with van der Waals surface area (Å²) >= 11 is 6.12. The molecule has 1 atom stereocenters. The highest BCUT2D eigenvalue weighted by molar-refractivity contribution is 6.30. The number of aromatic amines is 1. The Balaban J connectivity index is 1.42. The Kier molecular flexibility index (Phi) is 8.96. The summed E-state index contributed by atoms with van der Waals surface area (Å²) < 4.78 is 11.0. The SMILES string of the molecule is COc1ccc(-c2cnc3[nH]ccc3c2N2CCN(C(=O)C(CN(C(=O)O)C(C)C)c3ccc(Cl)cc3)CC2)cc1OC. The number of benzene rings is 2. The van der Waals surface area contributed by atoms with Crippen molar-refractivity contribution in [2.45, 2.75) is 25.8 Å². The minimum Gasteiger partial charge on any atom is -0.493 e. The molecule has 2 amide bonds. The number of aromatic nitrogens is 2. The first-order valence-corrected chi connectivity index (χ1v) is 14.6. The highest BCUT2D eigenvalue weighted by atomic mass is 35.5. The molecule has 1 fully saturated rings. The van der Waals surface area contributed by atoms with Gasteiger partial charge in [0, 0.05) is 67.1 Å². The zero-order valence-electron chi connectivity index (χ0n) is 24.7. The Hall–Kier alpha value is -4.44. The first kappa shape index (κ1) is 30.0. The molecule has 4 aromatic rings. The van der Waals surface area contributed by atoms with Crippen molar-refractivity contribution in [2.24, 2.45) is 0 Å². The van der Waals surface area contributed by atoms with Gasteiger partial charge in [-0.05, 0) is 55.3 Å². The number of ether oxygens (including phenoxy) is 2. The second kappa shape index (κ2) is 12.8. The number of pyridine rings is 1. The number of nitrogens with one attached hydrogen (secondary N) is 1. The van der Waals surface area contributed by atoms with Gasteiger partial charge in [-0.1, -0.05) is 29.8 Å². The predicted octanol–water partition coefficient (Wildman–Crippen LogP) is 5.72. The summed E-state index contributed by atoms with van der Waals surface area (Å²) in [4.78, 5) is 39.3. The molecule has 1 saturated heterocycles. The average molecular weight is 606 g/mol. The molecule has 1 aliphatic rings. The molecule has 2 N–H and O–H groups in total. The van der Waals surface area contributed by atoms with E-state index in [4.69, 9.17) is 21.1 Å². The number of carbonyl (C=O) groups is 2. The molecule has 1 aliphatic heterocycles. The van der Waals surface area contributed by atoms with E-state index in [0.29, 0.717) is 42.7 Å². The normalized spacial score (nSPS) is 14.2. The predicted molar refractivity (Wildman–Crippen MR) is 167 cm³/mol. The highest BCUT2D eigenvalue weighted by Crippen LogP contribution is 2.40. The van der Waals surface area contributed by atoms with E-state index < -0.39 is 12.0 Å². The van der Waals surface area contributed by atoms with Gasteiger partial charge in [0.15, 0.2) is 11.5 Å². The second-order valence-corrected chi connectivity index (χ2v) is 11.2. The molecule has 1 unspecified atom stereocenters. The van der Waals surface area contributed by atoms with Crippen LogP contribution in [0.3, 0.4) is 0 Å². The van der Waals surface area contributed by atoms with Crippen molar-refractivity contribution in [3.8, 4) is 22.6 Å². The van der Waals surface area contributed by atoms with Crippen LogP contribution in [0, 0.1) is 0 Å². The maximum atomic E-state index is 14.0. The number of halogens is 1. The Labute approximate surface area is 255 Å². The fraction of sp³-hybridized carbons (Fsp3) is 0.344. The number of rotatable bonds is 9. The van der Waals surface area contributed by atoms with Gasteiger partial charge in [-0.2, -0.15) is 0 Å².